The van der Waals surface area contributed by atoms with Gasteiger partial charge in [0.05, 0.1) is 6.61 Å². The molecule has 18 heavy (non-hydrogen) atoms. The van der Waals surface area contributed by atoms with E-state index >= 15 is 0 Å². The third kappa shape index (κ3) is 16.7. The van der Waals surface area contributed by atoms with E-state index in [2.05, 4.69) is 37.3 Å². The largest absolute Gasteiger partial charge is 0.380 e. The molecule has 0 saturated carbocycles. The van der Waals surface area contributed by atoms with Crippen LogP contribution in [0.3, 0.4) is 0 Å². The van der Waals surface area contributed by atoms with Crippen LogP contribution in [0.5, 0.6) is 0 Å². The summed E-state index contributed by atoms with van der Waals surface area (Å²) in [4.78, 5) is 3.25. The fraction of sp³-hybridized carbons (Fsp3) is 0.312. The van der Waals surface area contributed by atoms with Gasteiger partial charge in [0, 0.05) is 13.3 Å². The van der Waals surface area contributed by atoms with Crippen molar-refractivity contribution in [1.82, 2.24) is 0 Å². The van der Waals surface area contributed by atoms with E-state index in [0.29, 0.717) is 0 Å². The van der Waals surface area contributed by atoms with E-state index in [1.165, 1.54) is 17.3 Å². The minimum absolute atomic E-state index is 0.760. The molecule has 0 heterocycles. The quantitative estimate of drug-likeness (QED) is 0.572. The van der Waals surface area contributed by atoms with Gasteiger partial charge < -0.3 is 4.74 Å². The summed E-state index contributed by atoms with van der Waals surface area (Å²) in [5.74, 6) is 0. The summed E-state index contributed by atoms with van der Waals surface area (Å²) in [5, 5.41) is 0. The number of hydrogen-bond donors (Lipinski definition) is 0. The highest BCUT2D eigenvalue weighted by molar-refractivity contribution is 5.24. The van der Waals surface area contributed by atoms with Crippen LogP contribution in [0.15, 0.2) is 59.8 Å². The Morgan fingerprint density at radius 1 is 1.33 bits per heavy atom. The maximum absolute atomic E-state index is 4.83. The van der Waals surface area contributed by atoms with Gasteiger partial charge in [0.2, 0.25) is 0 Å². The first-order valence-corrected chi connectivity index (χ1v) is 5.81. The molecule has 0 aliphatic carbocycles. The van der Waals surface area contributed by atoms with Gasteiger partial charge in [-0.25, -0.2) is 0 Å². The SMILES string of the molecule is C/C=C(\C)COC.C=CN=C.Cc1ccccc1. The zero-order valence-electron chi connectivity index (χ0n) is 12.0. The fourth-order valence-electron chi connectivity index (χ4n) is 0.845. The molecular formula is C16H25NO. The van der Waals surface area contributed by atoms with Crippen LogP contribution in [0, 0.1) is 6.92 Å². The van der Waals surface area contributed by atoms with Crippen LogP contribution in [0.2, 0.25) is 0 Å². The van der Waals surface area contributed by atoms with Crippen LogP contribution >= 0.6 is 0 Å². The summed E-state index contributed by atoms with van der Waals surface area (Å²) in [6, 6.07) is 10.3. The van der Waals surface area contributed by atoms with Crippen LogP contribution in [0.4, 0.5) is 0 Å². The number of rotatable bonds is 3. The Hall–Kier alpha value is -1.67. The highest BCUT2D eigenvalue weighted by atomic mass is 16.5. The van der Waals surface area contributed by atoms with Crippen molar-refractivity contribution in [3.63, 3.8) is 0 Å². The summed E-state index contributed by atoms with van der Waals surface area (Å²) < 4.78 is 4.83. The average molecular weight is 247 g/mol. The van der Waals surface area contributed by atoms with Gasteiger partial charge >= 0.3 is 0 Å². The maximum atomic E-state index is 4.83. The second-order valence-electron chi connectivity index (χ2n) is 3.59. The normalized spacial score (nSPS) is 9.22. The first-order valence-electron chi connectivity index (χ1n) is 5.81. The Kier molecular flexibility index (Phi) is 15.9. The fourth-order valence-corrected chi connectivity index (χ4v) is 0.845. The summed E-state index contributed by atoms with van der Waals surface area (Å²) in [6.45, 7) is 13.3. The van der Waals surface area contributed by atoms with Crippen LogP contribution in [-0.2, 0) is 4.74 Å². The predicted octanol–water partition coefficient (Wildman–Crippen LogP) is 4.42. The van der Waals surface area contributed by atoms with Gasteiger partial charge in [-0.2, -0.15) is 0 Å². The number of benzene rings is 1. The summed E-state index contributed by atoms with van der Waals surface area (Å²) in [6.07, 6.45) is 3.43. The molecule has 0 aromatic heterocycles. The number of methoxy groups -OCH3 is 1. The predicted molar refractivity (Wildman–Crippen MR) is 82.2 cm³/mol. The molecule has 0 atom stereocenters. The molecule has 1 aromatic rings. The second-order valence-corrected chi connectivity index (χ2v) is 3.59. The lowest BCUT2D eigenvalue weighted by molar-refractivity contribution is 0.226. The third-order valence-corrected chi connectivity index (χ3v) is 1.93. The lowest BCUT2D eigenvalue weighted by Crippen LogP contribution is -1.87. The van der Waals surface area contributed by atoms with Crippen molar-refractivity contribution in [3.05, 3.63) is 60.3 Å². The Morgan fingerprint density at radius 2 is 1.83 bits per heavy atom. The Bertz CT molecular complexity index is 322. The van der Waals surface area contributed by atoms with Crippen molar-refractivity contribution in [2.45, 2.75) is 20.8 Å². The number of hydrogen-bond acceptors (Lipinski definition) is 2. The first kappa shape index (κ1) is 18.7. The van der Waals surface area contributed by atoms with Gasteiger partial charge in [-0.3, -0.25) is 4.99 Å². The lowest BCUT2D eigenvalue weighted by Gasteiger charge is -1.93. The Labute approximate surface area is 112 Å². The van der Waals surface area contributed by atoms with E-state index < -0.39 is 0 Å². The van der Waals surface area contributed by atoms with Crippen molar-refractivity contribution in [2.75, 3.05) is 13.7 Å². The topological polar surface area (TPSA) is 21.6 Å². The van der Waals surface area contributed by atoms with Crippen molar-refractivity contribution >= 4 is 6.72 Å². The summed E-state index contributed by atoms with van der Waals surface area (Å²) in [5.41, 5.74) is 2.60. The van der Waals surface area contributed by atoms with Crippen LogP contribution in [0.25, 0.3) is 0 Å². The standard InChI is InChI=1S/C7H8.C6H12O.C3H5N/c1-7-5-3-2-4-6-7;1-4-6(2)5-7-3;1-3-4-2/h2-6H,1H3;4H,5H2,1-3H3;3H,1-2H2/b;6-4+;. The number of nitrogens with zero attached hydrogens (tertiary/aromatic N) is 1. The molecule has 0 amide bonds. The van der Waals surface area contributed by atoms with E-state index in [4.69, 9.17) is 4.74 Å². The molecule has 0 fully saturated rings. The van der Waals surface area contributed by atoms with Crippen LogP contribution in [0.1, 0.15) is 19.4 Å². The van der Waals surface area contributed by atoms with Gasteiger partial charge in [-0.15, -0.1) is 0 Å². The average Bonchev–Trinajstić information content (AvgIpc) is 2.41. The zero-order chi connectivity index (χ0) is 14.2. The van der Waals surface area contributed by atoms with E-state index in [9.17, 15) is 0 Å². The van der Waals surface area contributed by atoms with E-state index in [1.807, 2.05) is 38.1 Å². The Morgan fingerprint density at radius 3 is 2.00 bits per heavy atom. The van der Waals surface area contributed by atoms with Crippen molar-refractivity contribution in [3.8, 4) is 0 Å². The highest BCUT2D eigenvalue weighted by Crippen LogP contribution is 1.92. The van der Waals surface area contributed by atoms with Crippen molar-refractivity contribution in [1.29, 1.82) is 0 Å². The van der Waals surface area contributed by atoms with E-state index in [1.54, 1.807) is 7.11 Å². The maximum Gasteiger partial charge on any atom is 0.0670 e. The minimum Gasteiger partial charge on any atom is -0.380 e. The van der Waals surface area contributed by atoms with E-state index in [-0.39, 0.29) is 0 Å². The number of aryl methyl sites for hydroxylation is 1. The molecule has 0 spiro atoms. The van der Waals surface area contributed by atoms with Crippen LogP contribution < -0.4 is 0 Å². The number of aliphatic imine (C=N–C) groups is 1. The summed E-state index contributed by atoms with van der Waals surface area (Å²) in [7, 11) is 1.70. The first-order chi connectivity index (χ1) is 8.62. The molecule has 0 bridgehead atoms. The minimum atomic E-state index is 0.760. The monoisotopic (exact) mass is 247 g/mol. The Balaban J connectivity index is 0. The van der Waals surface area contributed by atoms with Gasteiger partial charge in [-0.05, 0) is 27.5 Å². The molecule has 0 aliphatic heterocycles. The molecule has 1 rings (SSSR count). The molecule has 0 radical (unpaired) electrons. The third-order valence-electron chi connectivity index (χ3n) is 1.93. The molecule has 2 heteroatoms. The molecule has 100 valence electrons. The smallest absolute Gasteiger partial charge is 0.0670 e. The molecule has 2 nitrogen and oxygen atoms in total. The number of allylic oxidation sites excluding steroid dienone is 1. The van der Waals surface area contributed by atoms with Crippen LogP contribution in [-0.4, -0.2) is 20.4 Å². The van der Waals surface area contributed by atoms with Gasteiger partial charge in [0.1, 0.15) is 0 Å². The highest BCUT2D eigenvalue weighted by Gasteiger charge is 1.79. The number of ether oxygens (including phenoxy) is 1. The summed E-state index contributed by atoms with van der Waals surface area (Å²) >= 11 is 0. The van der Waals surface area contributed by atoms with E-state index in [0.717, 1.165) is 6.61 Å². The molecule has 1 aromatic carbocycles. The molecule has 0 unspecified atom stereocenters. The molecular weight excluding hydrogens is 222 g/mol. The van der Waals surface area contributed by atoms with Gasteiger partial charge in [-0.1, -0.05) is 54.1 Å². The second kappa shape index (κ2) is 15.3. The molecule has 0 saturated heterocycles. The lowest BCUT2D eigenvalue weighted by atomic mass is 10.2. The van der Waals surface area contributed by atoms with Crippen molar-refractivity contribution in [2.24, 2.45) is 4.99 Å². The van der Waals surface area contributed by atoms with Gasteiger partial charge in [0.25, 0.3) is 0 Å². The molecule has 0 aliphatic rings. The molecule has 0 N–H and O–H groups in total. The van der Waals surface area contributed by atoms with Gasteiger partial charge in [0.15, 0.2) is 0 Å². The van der Waals surface area contributed by atoms with Crippen molar-refractivity contribution < 1.29 is 4.74 Å². The zero-order valence-corrected chi connectivity index (χ0v) is 12.0.